The molecule has 0 saturated carbocycles. The van der Waals surface area contributed by atoms with Crippen LogP contribution < -0.4 is 14.4 Å². The largest absolute Gasteiger partial charge is 0.497 e. The lowest BCUT2D eigenvalue weighted by atomic mass is 10.1. The molecule has 1 N–H and O–H groups in total. The van der Waals surface area contributed by atoms with Gasteiger partial charge in [-0.05, 0) is 75.2 Å². The lowest BCUT2D eigenvalue weighted by molar-refractivity contribution is -0.139. The lowest BCUT2D eigenvalue weighted by Crippen LogP contribution is -2.52. The van der Waals surface area contributed by atoms with E-state index < -0.39 is 28.5 Å². The summed E-state index contributed by atoms with van der Waals surface area (Å²) in [5.74, 6) is -0.231. The Kier molecular flexibility index (Phi) is 10.8. The zero-order chi connectivity index (χ0) is 29.4. The first-order chi connectivity index (χ1) is 19.0. The molecule has 2 amide bonds. The van der Waals surface area contributed by atoms with Crippen molar-refractivity contribution in [2.45, 2.75) is 57.6 Å². The van der Waals surface area contributed by atoms with Gasteiger partial charge < -0.3 is 15.0 Å². The Bertz CT molecular complexity index is 1430. The number of methoxy groups -OCH3 is 1. The maximum atomic E-state index is 14.0. The summed E-state index contributed by atoms with van der Waals surface area (Å²) in [4.78, 5) is 28.6. The van der Waals surface area contributed by atoms with E-state index in [0.717, 1.165) is 21.9 Å². The van der Waals surface area contributed by atoms with Gasteiger partial charge in [0.1, 0.15) is 18.3 Å². The third-order valence-electron chi connectivity index (χ3n) is 6.64. The van der Waals surface area contributed by atoms with E-state index in [1.54, 1.807) is 68.6 Å². The number of carbonyl (C=O) groups excluding carboxylic acids is 2. The maximum Gasteiger partial charge on any atom is 0.264 e. The van der Waals surface area contributed by atoms with E-state index in [2.05, 4.69) is 21.2 Å². The second-order valence-corrected chi connectivity index (χ2v) is 12.4. The number of carbonyl (C=O) groups is 2. The van der Waals surface area contributed by atoms with Crippen LogP contribution in [0.5, 0.6) is 5.75 Å². The topological polar surface area (TPSA) is 96.0 Å². The Balaban J connectivity index is 2.03. The van der Waals surface area contributed by atoms with Gasteiger partial charge in [0.2, 0.25) is 11.8 Å². The number of nitrogens with one attached hydrogen (secondary N) is 1. The van der Waals surface area contributed by atoms with Crippen molar-refractivity contribution in [1.29, 1.82) is 0 Å². The Morgan fingerprint density at radius 3 is 2.30 bits per heavy atom. The van der Waals surface area contributed by atoms with E-state index in [1.165, 1.54) is 17.0 Å². The van der Waals surface area contributed by atoms with Crippen molar-refractivity contribution >= 4 is 43.5 Å². The van der Waals surface area contributed by atoms with Crippen LogP contribution in [-0.4, -0.2) is 50.9 Å². The van der Waals surface area contributed by atoms with Gasteiger partial charge in [-0.1, -0.05) is 58.7 Å². The highest BCUT2D eigenvalue weighted by Gasteiger charge is 2.33. The second-order valence-electron chi connectivity index (χ2n) is 9.67. The van der Waals surface area contributed by atoms with Gasteiger partial charge in [-0.2, -0.15) is 0 Å². The highest BCUT2D eigenvalue weighted by Crippen LogP contribution is 2.27. The van der Waals surface area contributed by atoms with E-state index in [4.69, 9.17) is 4.74 Å². The van der Waals surface area contributed by atoms with Crippen molar-refractivity contribution in [3.05, 3.63) is 88.4 Å². The number of benzene rings is 3. The Morgan fingerprint density at radius 2 is 1.68 bits per heavy atom. The van der Waals surface area contributed by atoms with Crippen molar-refractivity contribution < 1.29 is 22.7 Å². The normalized spacial score (nSPS) is 12.8. The summed E-state index contributed by atoms with van der Waals surface area (Å²) in [6, 6.07) is 19.5. The molecule has 0 heterocycles. The van der Waals surface area contributed by atoms with Crippen LogP contribution in [0.1, 0.15) is 38.3 Å². The van der Waals surface area contributed by atoms with E-state index in [0.29, 0.717) is 15.9 Å². The third kappa shape index (κ3) is 7.85. The minimum Gasteiger partial charge on any atom is -0.497 e. The average molecular weight is 631 g/mol. The highest BCUT2D eigenvalue weighted by molar-refractivity contribution is 9.10. The zero-order valence-corrected chi connectivity index (χ0v) is 25.8. The Morgan fingerprint density at radius 1 is 1.00 bits per heavy atom. The standard InChI is InChI=1S/C30H36BrN3O5S/c1-6-22(3)32-30(36)23(4)33(19-24-9-7-12-27(17-24)39-5)29(35)20-34(26-11-8-10-25(31)18-26)40(37,38)28-15-13-21(2)14-16-28/h7-18,22-23H,6,19-20H2,1-5H3,(H,32,36)/t22-,23+/m0/s1. The molecule has 0 radical (unpaired) electrons. The van der Waals surface area contributed by atoms with Gasteiger partial charge in [-0.15, -0.1) is 0 Å². The molecule has 10 heteroatoms. The smallest absolute Gasteiger partial charge is 0.264 e. The van der Waals surface area contributed by atoms with E-state index in [9.17, 15) is 18.0 Å². The number of nitrogens with zero attached hydrogens (tertiary/aromatic N) is 2. The lowest BCUT2D eigenvalue weighted by Gasteiger charge is -2.32. The van der Waals surface area contributed by atoms with Crippen LogP contribution in [0, 0.1) is 6.92 Å². The van der Waals surface area contributed by atoms with Crippen LogP contribution in [0.2, 0.25) is 0 Å². The minimum atomic E-state index is -4.12. The molecule has 0 aromatic heterocycles. The van der Waals surface area contributed by atoms with Crippen molar-refractivity contribution in [2.24, 2.45) is 0 Å². The van der Waals surface area contributed by atoms with E-state index >= 15 is 0 Å². The molecule has 0 unspecified atom stereocenters. The average Bonchev–Trinajstić information content (AvgIpc) is 2.94. The highest BCUT2D eigenvalue weighted by atomic mass is 79.9. The first kappa shape index (κ1) is 31.2. The molecule has 0 aliphatic carbocycles. The third-order valence-corrected chi connectivity index (χ3v) is 8.92. The summed E-state index contributed by atoms with van der Waals surface area (Å²) in [6.45, 7) is 6.95. The molecule has 8 nitrogen and oxygen atoms in total. The van der Waals surface area contributed by atoms with Crippen molar-refractivity contribution in [2.75, 3.05) is 18.0 Å². The predicted octanol–water partition coefficient (Wildman–Crippen LogP) is 5.29. The molecule has 0 saturated heterocycles. The number of anilines is 1. The number of amides is 2. The van der Waals surface area contributed by atoms with Crippen molar-refractivity contribution in [1.82, 2.24) is 10.2 Å². The molecule has 3 aromatic rings. The Hall–Kier alpha value is -3.37. The molecule has 214 valence electrons. The fourth-order valence-corrected chi connectivity index (χ4v) is 5.81. The quantitative estimate of drug-likeness (QED) is 0.294. The molecule has 0 spiro atoms. The maximum absolute atomic E-state index is 14.0. The number of halogens is 1. The van der Waals surface area contributed by atoms with Crippen LogP contribution >= 0.6 is 15.9 Å². The van der Waals surface area contributed by atoms with Crippen LogP contribution in [-0.2, 0) is 26.2 Å². The first-order valence-corrected chi connectivity index (χ1v) is 15.3. The summed E-state index contributed by atoms with van der Waals surface area (Å²) >= 11 is 3.41. The summed E-state index contributed by atoms with van der Waals surface area (Å²) < 4.78 is 34.9. The number of aryl methyl sites for hydroxylation is 1. The number of ether oxygens (including phenoxy) is 1. The number of sulfonamides is 1. The fourth-order valence-electron chi connectivity index (χ4n) is 4.01. The number of hydrogen-bond donors (Lipinski definition) is 1. The van der Waals surface area contributed by atoms with Gasteiger partial charge in [0.05, 0.1) is 17.7 Å². The summed E-state index contributed by atoms with van der Waals surface area (Å²) in [5.41, 5.74) is 1.97. The van der Waals surface area contributed by atoms with Crippen molar-refractivity contribution in [3.63, 3.8) is 0 Å². The molecular weight excluding hydrogens is 594 g/mol. The molecule has 0 bridgehead atoms. The molecule has 2 atom stereocenters. The molecule has 3 aromatic carbocycles. The van der Waals surface area contributed by atoms with Crippen LogP contribution in [0.15, 0.2) is 82.2 Å². The second kappa shape index (κ2) is 13.8. The minimum absolute atomic E-state index is 0.0628. The predicted molar refractivity (Wildman–Crippen MR) is 161 cm³/mol. The van der Waals surface area contributed by atoms with Crippen molar-refractivity contribution in [3.8, 4) is 5.75 Å². The molecule has 0 aliphatic rings. The first-order valence-electron chi connectivity index (χ1n) is 13.0. The zero-order valence-electron chi connectivity index (χ0n) is 23.4. The van der Waals surface area contributed by atoms with Gasteiger partial charge in [0, 0.05) is 17.1 Å². The summed E-state index contributed by atoms with van der Waals surface area (Å²) in [7, 11) is -2.57. The van der Waals surface area contributed by atoms with Gasteiger partial charge >= 0.3 is 0 Å². The van der Waals surface area contributed by atoms with Crippen LogP contribution in [0.4, 0.5) is 5.69 Å². The molecule has 40 heavy (non-hydrogen) atoms. The van der Waals surface area contributed by atoms with E-state index in [-0.39, 0.29) is 23.4 Å². The summed E-state index contributed by atoms with van der Waals surface area (Å²) in [5, 5.41) is 2.93. The number of rotatable bonds is 12. The summed E-state index contributed by atoms with van der Waals surface area (Å²) in [6.07, 6.45) is 0.730. The SMILES string of the molecule is CC[C@H](C)NC(=O)[C@@H](C)N(Cc1cccc(OC)c1)C(=O)CN(c1cccc(Br)c1)S(=O)(=O)c1ccc(C)cc1. The van der Waals surface area contributed by atoms with Gasteiger partial charge in [0.15, 0.2) is 0 Å². The Labute approximate surface area is 245 Å². The monoisotopic (exact) mass is 629 g/mol. The van der Waals surface area contributed by atoms with Gasteiger partial charge in [-0.3, -0.25) is 13.9 Å². The van der Waals surface area contributed by atoms with Gasteiger partial charge in [-0.25, -0.2) is 8.42 Å². The molecule has 0 aliphatic heterocycles. The fraction of sp³-hybridized carbons (Fsp3) is 0.333. The molecular formula is C30H36BrN3O5S. The van der Waals surface area contributed by atoms with Crippen LogP contribution in [0.25, 0.3) is 0 Å². The van der Waals surface area contributed by atoms with Crippen LogP contribution in [0.3, 0.4) is 0 Å². The molecule has 3 rings (SSSR count). The van der Waals surface area contributed by atoms with E-state index in [1.807, 2.05) is 26.8 Å². The number of hydrogen-bond acceptors (Lipinski definition) is 5. The van der Waals surface area contributed by atoms with Gasteiger partial charge in [0.25, 0.3) is 10.0 Å². The molecule has 0 fully saturated rings.